The zero-order valence-corrected chi connectivity index (χ0v) is 14.2. The van der Waals surface area contributed by atoms with E-state index in [9.17, 15) is 0 Å². The lowest BCUT2D eigenvalue weighted by molar-refractivity contribution is 0.233. The number of piperidine rings is 1. The first kappa shape index (κ1) is 16.0. The van der Waals surface area contributed by atoms with Gasteiger partial charge in [-0.3, -0.25) is 0 Å². The summed E-state index contributed by atoms with van der Waals surface area (Å²) < 4.78 is 1.84. The molecule has 1 aliphatic heterocycles. The van der Waals surface area contributed by atoms with E-state index in [1.165, 1.54) is 12.8 Å². The van der Waals surface area contributed by atoms with Crippen molar-refractivity contribution in [1.82, 2.24) is 35.2 Å². The number of aromatic nitrogens is 5. The van der Waals surface area contributed by atoms with E-state index in [0.29, 0.717) is 12.6 Å². The number of rotatable bonds is 5. The van der Waals surface area contributed by atoms with Crippen LogP contribution in [0.2, 0.25) is 0 Å². The molecule has 2 aromatic heterocycles. The zero-order chi connectivity index (χ0) is 16.2. The molecule has 3 heterocycles. The van der Waals surface area contributed by atoms with Gasteiger partial charge in [0, 0.05) is 18.3 Å². The molecule has 0 aliphatic carbocycles. The van der Waals surface area contributed by atoms with Gasteiger partial charge in [-0.1, -0.05) is 5.21 Å². The van der Waals surface area contributed by atoms with Crippen LogP contribution in [0.15, 0.2) is 12.3 Å². The van der Waals surface area contributed by atoms with Crippen LogP contribution in [-0.4, -0.2) is 56.0 Å². The molecule has 0 unspecified atom stereocenters. The minimum atomic E-state index is 0.587. The lowest BCUT2D eigenvalue weighted by Crippen LogP contribution is -2.40. The predicted octanol–water partition coefficient (Wildman–Crippen LogP) is 0.917. The number of hydrogen-bond acceptors (Lipinski definition) is 6. The van der Waals surface area contributed by atoms with Gasteiger partial charge in [0.15, 0.2) is 0 Å². The third kappa shape index (κ3) is 4.56. The van der Waals surface area contributed by atoms with Crippen LogP contribution in [-0.2, 0) is 13.1 Å². The Morgan fingerprint density at radius 3 is 2.70 bits per heavy atom. The van der Waals surface area contributed by atoms with Crippen LogP contribution >= 0.6 is 0 Å². The summed E-state index contributed by atoms with van der Waals surface area (Å²) >= 11 is 0. The van der Waals surface area contributed by atoms with Crippen molar-refractivity contribution >= 4 is 0 Å². The monoisotopic (exact) mass is 315 g/mol. The van der Waals surface area contributed by atoms with Crippen LogP contribution < -0.4 is 5.32 Å². The molecular weight excluding hydrogens is 290 g/mol. The van der Waals surface area contributed by atoms with E-state index in [1.807, 2.05) is 30.8 Å². The van der Waals surface area contributed by atoms with Crippen LogP contribution in [0.25, 0.3) is 0 Å². The summed E-state index contributed by atoms with van der Waals surface area (Å²) in [6.45, 7) is 7.63. The highest BCUT2D eigenvalue weighted by molar-refractivity contribution is 5.10. The second kappa shape index (κ2) is 7.14. The third-order valence-corrected chi connectivity index (χ3v) is 4.22. The Kier molecular flexibility index (Phi) is 4.97. The maximum absolute atomic E-state index is 4.45. The normalized spacial score (nSPS) is 16.8. The minimum Gasteiger partial charge on any atom is -0.308 e. The van der Waals surface area contributed by atoms with Crippen molar-refractivity contribution in [3.05, 3.63) is 35.2 Å². The molecule has 0 aromatic carbocycles. The lowest BCUT2D eigenvalue weighted by atomic mass is 10.1. The molecule has 0 atom stereocenters. The molecule has 124 valence electrons. The maximum Gasteiger partial charge on any atom is 0.125 e. The van der Waals surface area contributed by atoms with Gasteiger partial charge in [0.2, 0.25) is 0 Å². The van der Waals surface area contributed by atoms with Gasteiger partial charge in [0.1, 0.15) is 5.82 Å². The number of nitrogens with zero attached hydrogens (tertiary/aromatic N) is 6. The average Bonchev–Trinajstić information content (AvgIpc) is 2.93. The molecule has 1 aliphatic rings. The molecule has 7 nitrogen and oxygen atoms in total. The van der Waals surface area contributed by atoms with Gasteiger partial charge in [0.05, 0.1) is 24.1 Å². The summed E-state index contributed by atoms with van der Waals surface area (Å²) in [6, 6.07) is 2.58. The van der Waals surface area contributed by atoms with Crippen molar-refractivity contribution in [2.45, 2.75) is 45.8 Å². The van der Waals surface area contributed by atoms with Gasteiger partial charge in [-0.15, -0.1) is 5.10 Å². The van der Waals surface area contributed by atoms with Gasteiger partial charge in [0.25, 0.3) is 0 Å². The fourth-order valence-corrected chi connectivity index (χ4v) is 3.00. The molecule has 3 rings (SSSR count). The Labute approximate surface area is 137 Å². The van der Waals surface area contributed by atoms with Crippen molar-refractivity contribution in [2.24, 2.45) is 0 Å². The van der Waals surface area contributed by atoms with Crippen LogP contribution in [0.5, 0.6) is 0 Å². The molecule has 2 aromatic rings. The molecule has 0 bridgehead atoms. The number of aryl methyl sites for hydroxylation is 2. The zero-order valence-electron chi connectivity index (χ0n) is 14.2. The van der Waals surface area contributed by atoms with Crippen molar-refractivity contribution in [2.75, 3.05) is 20.1 Å². The van der Waals surface area contributed by atoms with Gasteiger partial charge in [-0.05, 0) is 52.9 Å². The Morgan fingerprint density at radius 2 is 1.96 bits per heavy atom. The van der Waals surface area contributed by atoms with E-state index in [4.69, 9.17) is 0 Å². The molecule has 0 amide bonds. The molecule has 1 N–H and O–H groups in total. The Morgan fingerprint density at radius 1 is 1.17 bits per heavy atom. The first-order chi connectivity index (χ1) is 11.1. The van der Waals surface area contributed by atoms with Crippen molar-refractivity contribution in [3.63, 3.8) is 0 Å². The third-order valence-electron chi connectivity index (χ3n) is 4.22. The Hall–Kier alpha value is -1.86. The largest absolute Gasteiger partial charge is 0.308 e. The number of nitrogens with one attached hydrogen (secondary N) is 1. The van der Waals surface area contributed by atoms with Crippen molar-refractivity contribution in [1.29, 1.82) is 0 Å². The molecular formula is C16H25N7. The fourth-order valence-electron chi connectivity index (χ4n) is 3.00. The molecule has 7 heteroatoms. The second-order valence-electron chi connectivity index (χ2n) is 6.41. The summed E-state index contributed by atoms with van der Waals surface area (Å²) in [5.74, 6) is 0.796. The highest BCUT2D eigenvalue weighted by Crippen LogP contribution is 2.09. The van der Waals surface area contributed by atoms with Crippen LogP contribution in [0.3, 0.4) is 0 Å². The minimum absolute atomic E-state index is 0.587. The average molecular weight is 315 g/mol. The maximum atomic E-state index is 4.45. The molecule has 0 spiro atoms. The Bertz CT molecular complexity index is 623. The second-order valence-corrected chi connectivity index (χ2v) is 6.41. The summed E-state index contributed by atoms with van der Waals surface area (Å²) in [5.41, 5.74) is 2.93. The smallest absolute Gasteiger partial charge is 0.125 e. The van der Waals surface area contributed by atoms with Gasteiger partial charge in [-0.25, -0.2) is 14.6 Å². The predicted molar refractivity (Wildman–Crippen MR) is 88.0 cm³/mol. The van der Waals surface area contributed by atoms with Gasteiger partial charge in [-0.2, -0.15) is 0 Å². The first-order valence-corrected chi connectivity index (χ1v) is 8.20. The number of likely N-dealkylation sites (tertiary alicyclic amines) is 1. The van der Waals surface area contributed by atoms with E-state index in [1.54, 1.807) is 0 Å². The molecule has 0 radical (unpaired) electrons. The summed E-state index contributed by atoms with van der Waals surface area (Å²) in [6.07, 6.45) is 4.39. The van der Waals surface area contributed by atoms with Crippen LogP contribution in [0.4, 0.5) is 0 Å². The highest BCUT2D eigenvalue weighted by atomic mass is 15.4. The lowest BCUT2D eigenvalue weighted by Gasteiger charge is -2.29. The molecule has 1 fully saturated rings. The fraction of sp³-hybridized carbons (Fsp3) is 0.625. The van der Waals surface area contributed by atoms with E-state index in [-0.39, 0.29) is 0 Å². The summed E-state index contributed by atoms with van der Waals surface area (Å²) in [4.78, 5) is 11.1. The van der Waals surface area contributed by atoms with Crippen LogP contribution in [0.1, 0.15) is 35.7 Å². The van der Waals surface area contributed by atoms with Crippen molar-refractivity contribution < 1.29 is 0 Å². The SMILES string of the molecule is Cc1cc(Cn2cc(CNC3CCN(C)CC3)nn2)nc(C)n1. The molecule has 23 heavy (non-hydrogen) atoms. The van der Waals surface area contributed by atoms with E-state index >= 15 is 0 Å². The highest BCUT2D eigenvalue weighted by Gasteiger charge is 2.16. The number of hydrogen-bond donors (Lipinski definition) is 1. The quantitative estimate of drug-likeness (QED) is 0.884. The van der Waals surface area contributed by atoms with Crippen molar-refractivity contribution in [3.8, 4) is 0 Å². The van der Waals surface area contributed by atoms with E-state index < -0.39 is 0 Å². The molecule has 0 saturated carbocycles. The molecule has 1 saturated heterocycles. The topological polar surface area (TPSA) is 71.8 Å². The van der Waals surface area contributed by atoms with Crippen LogP contribution in [0, 0.1) is 13.8 Å². The van der Waals surface area contributed by atoms with E-state index in [2.05, 4.69) is 37.5 Å². The summed E-state index contributed by atoms with van der Waals surface area (Å²) in [5, 5.41) is 12.0. The van der Waals surface area contributed by atoms with E-state index in [0.717, 1.165) is 42.5 Å². The standard InChI is InChI=1S/C16H25N7/c1-12-8-15(19-13(2)18-12)10-23-11-16(20-21-23)9-17-14-4-6-22(3)7-5-14/h8,11,14,17H,4-7,9-10H2,1-3H3. The summed E-state index contributed by atoms with van der Waals surface area (Å²) in [7, 11) is 2.18. The first-order valence-electron chi connectivity index (χ1n) is 8.20. The Balaban J connectivity index is 1.53. The van der Waals surface area contributed by atoms with Gasteiger partial charge >= 0.3 is 0 Å². The van der Waals surface area contributed by atoms with Gasteiger partial charge < -0.3 is 10.2 Å².